The fourth-order valence-corrected chi connectivity index (χ4v) is 2.62. The third-order valence-corrected chi connectivity index (χ3v) is 3.22. The first kappa shape index (κ1) is 7.15. The summed E-state index contributed by atoms with van der Waals surface area (Å²) in [6.45, 7) is 0. The highest BCUT2D eigenvalue weighted by Crippen LogP contribution is 2.39. The summed E-state index contributed by atoms with van der Waals surface area (Å²) in [4.78, 5) is 0. The summed E-state index contributed by atoms with van der Waals surface area (Å²) in [5, 5.41) is 2.82. The molecule has 0 radical (unpaired) electrons. The van der Waals surface area contributed by atoms with Crippen LogP contribution in [0.4, 0.5) is 0 Å². The predicted molar refractivity (Wildman–Crippen MR) is 41.1 cm³/mol. The second kappa shape index (κ2) is 3.27. The molecular formula is C5H8O2S2. The van der Waals surface area contributed by atoms with Crippen molar-refractivity contribution in [3.8, 4) is 0 Å². The average Bonchev–Trinajstić information content (AvgIpc) is 2.33. The van der Waals surface area contributed by atoms with Gasteiger partial charge in [-0.1, -0.05) is 23.5 Å². The molecule has 2 nitrogen and oxygen atoms in total. The van der Waals surface area contributed by atoms with Gasteiger partial charge in [0.2, 0.25) is 10.2 Å². The first-order valence-electron chi connectivity index (χ1n) is 2.46. The van der Waals surface area contributed by atoms with Gasteiger partial charge in [0.15, 0.2) is 0 Å². The van der Waals surface area contributed by atoms with Crippen molar-refractivity contribution < 1.29 is 9.47 Å². The monoisotopic (exact) mass is 164 g/mol. The van der Waals surface area contributed by atoms with Crippen LogP contribution in [-0.4, -0.2) is 19.3 Å². The minimum absolute atomic E-state index is 0.905. The Balaban J connectivity index is 2.59. The number of hydrogen-bond donors (Lipinski definition) is 0. The zero-order valence-corrected chi connectivity index (χ0v) is 6.97. The topological polar surface area (TPSA) is 18.5 Å². The molecule has 1 aliphatic rings. The van der Waals surface area contributed by atoms with Crippen LogP contribution in [0, 0.1) is 0 Å². The van der Waals surface area contributed by atoms with Crippen molar-refractivity contribution in [3.05, 3.63) is 10.2 Å². The highest BCUT2D eigenvalue weighted by molar-refractivity contribution is 8.22. The molecule has 52 valence electrons. The minimum Gasteiger partial charge on any atom is -0.487 e. The van der Waals surface area contributed by atoms with Crippen molar-refractivity contribution in [1.82, 2.24) is 0 Å². The average molecular weight is 164 g/mol. The van der Waals surface area contributed by atoms with E-state index in [0.717, 1.165) is 15.3 Å². The van der Waals surface area contributed by atoms with Crippen molar-refractivity contribution in [2.45, 2.75) is 0 Å². The van der Waals surface area contributed by atoms with E-state index in [9.17, 15) is 0 Å². The Morgan fingerprint density at radius 2 is 1.56 bits per heavy atom. The molecule has 1 aliphatic heterocycles. The fraction of sp³-hybridized carbons (Fsp3) is 0.600. The molecule has 0 aromatic carbocycles. The Morgan fingerprint density at radius 1 is 1.11 bits per heavy atom. The summed E-state index contributed by atoms with van der Waals surface area (Å²) in [6, 6.07) is 0. The van der Waals surface area contributed by atoms with E-state index < -0.39 is 0 Å². The van der Waals surface area contributed by atoms with Gasteiger partial charge in [-0.3, -0.25) is 0 Å². The van der Waals surface area contributed by atoms with E-state index >= 15 is 0 Å². The van der Waals surface area contributed by atoms with Gasteiger partial charge in [0.25, 0.3) is 0 Å². The molecule has 0 aromatic heterocycles. The van der Waals surface area contributed by atoms with Crippen LogP contribution in [0.1, 0.15) is 0 Å². The van der Waals surface area contributed by atoms with Crippen molar-refractivity contribution >= 4 is 23.5 Å². The molecule has 0 saturated carbocycles. The SMILES string of the molecule is COC1=C(OC)SCS1. The van der Waals surface area contributed by atoms with Crippen LogP contribution in [0.25, 0.3) is 0 Å². The Labute approximate surface area is 63.0 Å². The molecule has 0 aromatic rings. The number of thioether (sulfide) groups is 2. The summed E-state index contributed by atoms with van der Waals surface area (Å²) in [5.74, 6) is 0. The molecule has 0 aliphatic carbocycles. The summed E-state index contributed by atoms with van der Waals surface area (Å²) in [6.07, 6.45) is 0. The van der Waals surface area contributed by atoms with E-state index in [1.165, 1.54) is 0 Å². The molecule has 0 atom stereocenters. The molecular weight excluding hydrogens is 156 g/mol. The maximum Gasteiger partial charge on any atom is 0.203 e. The smallest absolute Gasteiger partial charge is 0.203 e. The van der Waals surface area contributed by atoms with Crippen LogP contribution < -0.4 is 0 Å². The normalized spacial score (nSPS) is 18.4. The quantitative estimate of drug-likeness (QED) is 0.619. The number of ether oxygens (including phenoxy) is 2. The predicted octanol–water partition coefficient (Wildman–Crippen LogP) is 1.84. The van der Waals surface area contributed by atoms with E-state index in [-0.39, 0.29) is 0 Å². The van der Waals surface area contributed by atoms with Gasteiger partial charge in [-0.2, -0.15) is 0 Å². The molecule has 4 heteroatoms. The van der Waals surface area contributed by atoms with Crippen LogP contribution in [-0.2, 0) is 9.47 Å². The largest absolute Gasteiger partial charge is 0.487 e. The third kappa shape index (κ3) is 1.49. The van der Waals surface area contributed by atoms with Gasteiger partial charge in [-0.25, -0.2) is 0 Å². The van der Waals surface area contributed by atoms with Gasteiger partial charge >= 0.3 is 0 Å². The molecule has 1 rings (SSSR count). The van der Waals surface area contributed by atoms with Gasteiger partial charge < -0.3 is 9.47 Å². The van der Waals surface area contributed by atoms with Gasteiger partial charge in [0.05, 0.1) is 19.3 Å². The van der Waals surface area contributed by atoms with E-state index in [4.69, 9.17) is 9.47 Å². The van der Waals surface area contributed by atoms with E-state index in [1.807, 2.05) is 0 Å². The first-order chi connectivity index (χ1) is 4.38. The lowest BCUT2D eigenvalue weighted by Gasteiger charge is -2.00. The van der Waals surface area contributed by atoms with E-state index in [1.54, 1.807) is 37.7 Å². The van der Waals surface area contributed by atoms with Gasteiger partial charge in [-0.15, -0.1) is 0 Å². The summed E-state index contributed by atoms with van der Waals surface area (Å²) >= 11 is 3.34. The molecule has 0 unspecified atom stereocenters. The molecule has 0 spiro atoms. The Kier molecular flexibility index (Phi) is 2.60. The van der Waals surface area contributed by atoms with Gasteiger partial charge in [0.1, 0.15) is 0 Å². The van der Waals surface area contributed by atoms with Crippen LogP contribution in [0.15, 0.2) is 10.2 Å². The summed E-state index contributed by atoms with van der Waals surface area (Å²) in [7, 11) is 3.32. The molecule has 0 amide bonds. The molecule has 9 heavy (non-hydrogen) atoms. The Morgan fingerprint density at radius 3 is 1.89 bits per heavy atom. The molecule has 0 bridgehead atoms. The van der Waals surface area contributed by atoms with Crippen LogP contribution >= 0.6 is 23.5 Å². The van der Waals surface area contributed by atoms with Crippen molar-refractivity contribution in [3.63, 3.8) is 0 Å². The summed E-state index contributed by atoms with van der Waals surface area (Å²) < 4.78 is 10.0. The maximum atomic E-state index is 5.01. The number of hydrogen-bond acceptors (Lipinski definition) is 4. The Hall–Kier alpha value is 0.0400. The number of rotatable bonds is 2. The first-order valence-corrected chi connectivity index (χ1v) is 4.43. The van der Waals surface area contributed by atoms with Gasteiger partial charge in [0, 0.05) is 0 Å². The van der Waals surface area contributed by atoms with Crippen LogP contribution in [0.2, 0.25) is 0 Å². The highest BCUT2D eigenvalue weighted by Gasteiger charge is 2.16. The lowest BCUT2D eigenvalue weighted by atomic mass is 11.0. The zero-order chi connectivity index (χ0) is 6.69. The summed E-state index contributed by atoms with van der Waals surface area (Å²) in [5.41, 5.74) is 0. The second-order valence-corrected chi connectivity index (χ2v) is 3.65. The van der Waals surface area contributed by atoms with Crippen molar-refractivity contribution in [2.75, 3.05) is 19.3 Å². The standard InChI is InChI=1S/C5H8O2S2/c1-6-4-5(7-2)9-3-8-4/h3H2,1-2H3. The molecule has 0 saturated heterocycles. The molecule has 0 N–H and O–H groups in total. The van der Waals surface area contributed by atoms with Crippen LogP contribution in [0.3, 0.4) is 0 Å². The lowest BCUT2D eigenvalue weighted by Crippen LogP contribution is -1.83. The lowest BCUT2D eigenvalue weighted by molar-refractivity contribution is 0.267. The second-order valence-electron chi connectivity index (χ2n) is 1.39. The van der Waals surface area contributed by atoms with Crippen LogP contribution in [0.5, 0.6) is 0 Å². The third-order valence-electron chi connectivity index (χ3n) is 0.917. The van der Waals surface area contributed by atoms with Gasteiger partial charge in [-0.05, 0) is 0 Å². The molecule has 0 fully saturated rings. The zero-order valence-electron chi connectivity index (χ0n) is 5.34. The van der Waals surface area contributed by atoms with E-state index in [0.29, 0.717) is 0 Å². The van der Waals surface area contributed by atoms with E-state index in [2.05, 4.69) is 0 Å². The maximum absolute atomic E-state index is 5.01. The highest BCUT2D eigenvalue weighted by atomic mass is 32.2. The Bertz CT molecular complexity index is 119. The fourth-order valence-electron chi connectivity index (χ4n) is 0.539. The van der Waals surface area contributed by atoms with Crippen molar-refractivity contribution in [1.29, 1.82) is 0 Å². The van der Waals surface area contributed by atoms with Crippen molar-refractivity contribution in [2.24, 2.45) is 0 Å². The minimum atomic E-state index is 0.905. The number of methoxy groups -OCH3 is 2. The molecule has 1 heterocycles.